The highest BCUT2D eigenvalue weighted by atomic mass is 19.4. The lowest BCUT2D eigenvalue weighted by atomic mass is 10.0. The van der Waals surface area contributed by atoms with Gasteiger partial charge in [-0.3, -0.25) is 0 Å². The van der Waals surface area contributed by atoms with Gasteiger partial charge in [0, 0.05) is 26.7 Å². The number of aryl methyl sites for hydroxylation is 2. The molecule has 0 N–H and O–H groups in total. The van der Waals surface area contributed by atoms with Crippen molar-refractivity contribution in [3.8, 4) is 0 Å². The lowest BCUT2D eigenvalue weighted by molar-refractivity contribution is -0.133. The van der Waals surface area contributed by atoms with Crippen LogP contribution in [-0.2, 0) is 4.74 Å². The summed E-state index contributed by atoms with van der Waals surface area (Å²) in [5, 5.41) is 0. The zero-order valence-corrected chi connectivity index (χ0v) is 20.1. The minimum absolute atomic E-state index is 0.252. The highest BCUT2D eigenvalue weighted by molar-refractivity contribution is 5.85. The lowest BCUT2D eigenvalue weighted by Gasteiger charge is -2.23. The van der Waals surface area contributed by atoms with Crippen LogP contribution in [0.3, 0.4) is 0 Å². The van der Waals surface area contributed by atoms with Crippen LogP contribution in [-0.4, -0.2) is 51.8 Å². The third-order valence-corrected chi connectivity index (χ3v) is 5.85. The summed E-state index contributed by atoms with van der Waals surface area (Å²) in [4.78, 5) is 24.6. The third kappa shape index (κ3) is 5.64. The number of hydrogen-bond donors (Lipinski definition) is 0. The number of pyridine rings is 1. The summed E-state index contributed by atoms with van der Waals surface area (Å²) in [6, 6.07) is 3.84. The normalized spacial score (nSPS) is 16.3. The number of hydrogen-bond acceptors (Lipinski definition) is 7. The molecule has 1 unspecified atom stereocenters. The number of nitrogens with zero attached hydrogens (tertiary/aromatic N) is 6. The summed E-state index contributed by atoms with van der Waals surface area (Å²) in [7, 11) is 3.83. The van der Waals surface area contributed by atoms with E-state index in [2.05, 4.69) is 31.5 Å². The van der Waals surface area contributed by atoms with Gasteiger partial charge in [0.05, 0.1) is 23.7 Å². The predicted molar refractivity (Wildman–Crippen MR) is 129 cm³/mol. The van der Waals surface area contributed by atoms with Gasteiger partial charge in [-0.2, -0.15) is 13.2 Å². The molecule has 1 atom stereocenters. The maximum absolute atomic E-state index is 12.9. The Morgan fingerprint density at radius 2 is 1.89 bits per heavy atom. The van der Waals surface area contributed by atoms with Gasteiger partial charge in [0.2, 0.25) is 0 Å². The molecule has 0 fully saturated rings. The first kappa shape index (κ1) is 24.7. The van der Waals surface area contributed by atoms with Gasteiger partial charge in [0.15, 0.2) is 11.5 Å². The summed E-state index contributed by atoms with van der Waals surface area (Å²) < 4.78 is 44.6. The van der Waals surface area contributed by atoms with Gasteiger partial charge in [0.25, 0.3) is 0 Å². The molecule has 0 saturated carbocycles. The Balaban J connectivity index is 1.77. The average molecular weight is 485 g/mol. The SMILES string of the molecule is C=C(CCC(F)(F)F)c1nc(C2=CC(c3ccnc(N(C)C)c3)OCC2)nc2nc(C)c(C)nc12. The molecule has 1 aliphatic heterocycles. The monoisotopic (exact) mass is 484 g/mol. The molecule has 0 aliphatic carbocycles. The molecular formula is C25H27F3N6O. The number of halogens is 3. The molecule has 4 rings (SSSR count). The maximum atomic E-state index is 12.9. The fourth-order valence-corrected chi connectivity index (χ4v) is 3.76. The van der Waals surface area contributed by atoms with E-state index in [4.69, 9.17) is 4.74 Å². The van der Waals surface area contributed by atoms with Gasteiger partial charge in [0.1, 0.15) is 17.4 Å². The molecule has 0 amide bonds. The zero-order chi connectivity index (χ0) is 25.3. The number of allylic oxidation sites excluding steroid dienone is 1. The summed E-state index contributed by atoms with van der Waals surface area (Å²) in [6.45, 7) is 7.94. The van der Waals surface area contributed by atoms with Crippen molar-refractivity contribution in [3.63, 3.8) is 0 Å². The molecule has 3 aromatic heterocycles. The second kappa shape index (κ2) is 9.69. The van der Waals surface area contributed by atoms with Crippen LogP contribution in [0.4, 0.5) is 19.0 Å². The second-order valence-corrected chi connectivity index (χ2v) is 8.76. The van der Waals surface area contributed by atoms with E-state index in [0.29, 0.717) is 47.1 Å². The van der Waals surface area contributed by atoms with Gasteiger partial charge >= 0.3 is 6.18 Å². The van der Waals surface area contributed by atoms with Crippen LogP contribution >= 0.6 is 0 Å². The first-order valence-electron chi connectivity index (χ1n) is 11.3. The number of aromatic nitrogens is 5. The highest BCUT2D eigenvalue weighted by Crippen LogP contribution is 2.34. The van der Waals surface area contributed by atoms with Crippen LogP contribution in [0.15, 0.2) is 31.0 Å². The Morgan fingerprint density at radius 1 is 1.14 bits per heavy atom. The molecule has 10 heteroatoms. The summed E-state index contributed by atoms with van der Waals surface area (Å²) in [6.07, 6.45) is -1.66. The molecule has 184 valence electrons. The molecule has 1 aliphatic rings. The van der Waals surface area contributed by atoms with Crippen molar-refractivity contribution in [2.24, 2.45) is 0 Å². The third-order valence-electron chi connectivity index (χ3n) is 5.85. The van der Waals surface area contributed by atoms with Crippen LogP contribution in [0.25, 0.3) is 22.3 Å². The average Bonchev–Trinajstić information content (AvgIpc) is 2.82. The largest absolute Gasteiger partial charge is 0.389 e. The van der Waals surface area contributed by atoms with E-state index in [1.807, 2.05) is 44.1 Å². The van der Waals surface area contributed by atoms with E-state index in [1.165, 1.54) is 0 Å². The van der Waals surface area contributed by atoms with Crippen LogP contribution in [0.5, 0.6) is 0 Å². The van der Waals surface area contributed by atoms with Crippen LogP contribution in [0.1, 0.15) is 53.8 Å². The van der Waals surface area contributed by atoms with Crippen LogP contribution in [0.2, 0.25) is 0 Å². The second-order valence-electron chi connectivity index (χ2n) is 8.76. The zero-order valence-electron chi connectivity index (χ0n) is 20.1. The number of fused-ring (bicyclic) bond motifs is 1. The summed E-state index contributed by atoms with van der Waals surface area (Å²) >= 11 is 0. The van der Waals surface area contributed by atoms with Crippen molar-refractivity contribution >= 4 is 28.1 Å². The van der Waals surface area contributed by atoms with Crippen molar-refractivity contribution in [1.82, 2.24) is 24.9 Å². The van der Waals surface area contributed by atoms with Crippen LogP contribution < -0.4 is 4.90 Å². The quantitative estimate of drug-likeness (QED) is 0.464. The lowest BCUT2D eigenvalue weighted by Crippen LogP contribution is -2.15. The van der Waals surface area contributed by atoms with E-state index in [-0.39, 0.29) is 18.1 Å². The molecule has 35 heavy (non-hydrogen) atoms. The Kier molecular flexibility index (Phi) is 6.84. The van der Waals surface area contributed by atoms with E-state index >= 15 is 0 Å². The Labute approximate surface area is 201 Å². The van der Waals surface area contributed by atoms with E-state index < -0.39 is 12.6 Å². The summed E-state index contributed by atoms with van der Waals surface area (Å²) in [5.41, 5.74) is 4.37. The van der Waals surface area contributed by atoms with Crippen molar-refractivity contribution in [2.45, 2.75) is 45.4 Å². The number of ether oxygens (including phenoxy) is 1. The van der Waals surface area contributed by atoms with Gasteiger partial charge < -0.3 is 9.64 Å². The van der Waals surface area contributed by atoms with E-state index in [1.54, 1.807) is 13.1 Å². The molecule has 0 bridgehead atoms. The van der Waals surface area contributed by atoms with Gasteiger partial charge in [-0.25, -0.2) is 24.9 Å². The Hall–Kier alpha value is -3.40. The molecule has 7 nitrogen and oxygen atoms in total. The Morgan fingerprint density at radius 3 is 2.60 bits per heavy atom. The first-order chi connectivity index (χ1) is 16.5. The molecule has 0 aromatic carbocycles. The molecule has 0 saturated heterocycles. The van der Waals surface area contributed by atoms with Gasteiger partial charge in [-0.05, 0) is 61.6 Å². The minimum Gasteiger partial charge on any atom is -0.369 e. The Bertz CT molecular complexity index is 1300. The maximum Gasteiger partial charge on any atom is 0.389 e. The van der Waals surface area contributed by atoms with Crippen molar-refractivity contribution < 1.29 is 17.9 Å². The molecule has 4 heterocycles. The van der Waals surface area contributed by atoms with Gasteiger partial charge in [-0.1, -0.05) is 6.58 Å². The predicted octanol–water partition coefficient (Wildman–Crippen LogP) is 5.40. The number of alkyl halides is 3. The molecule has 0 spiro atoms. The fourth-order valence-electron chi connectivity index (χ4n) is 3.76. The van der Waals surface area contributed by atoms with Crippen molar-refractivity contribution in [2.75, 3.05) is 25.6 Å². The number of rotatable bonds is 6. The van der Waals surface area contributed by atoms with Gasteiger partial charge in [-0.15, -0.1) is 0 Å². The van der Waals surface area contributed by atoms with Crippen molar-refractivity contribution in [1.29, 1.82) is 0 Å². The number of anilines is 1. The first-order valence-corrected chi connectivity index (χ1v) is 11.3. The molecule has 0 radical (unpaired) electrons. The summed E-state index contributed by atoms with van der Waals surface area (Å²) in [5.74, 6) is 1.20. The fraction of sp³-hybridized carbons (Fsp3) is 0.400. The minimum atomic E-state index is -4.29. The standard InChI is InChI=1S/C25H27F3N6O/c1-14(6-9-25(26,27)28)21-22-24(31-16(3)15(2)30-22)33-23(32-21)18-8-11-35-19(12-18)17-7-10-29-20(13-17)34(4)5/h7,10,12-13,19H,1,6,8-9,11H2,2-5H3. The van der Waals surface area contributed by atoms with E-state index in [0.717, 1.165) is 17.0 Å². The topological polar surface area (TPSA) is 76.9 Å². The van der Waals surface area contributed by atoms with Crippen LogP contribution in [0, 0.1) is 13.8 Å². The molecular weight excluding hydrogens is 457 g/mol. The smallest absolute Gasteiger partial charge is 0.369 e. The van der Waals surface area contributed by atoms with E-state index in [9.17, 15) is 13.2 Å². The highest BCUT2D eigenvalue weighted by Gasteiger charge is 2.28. The van der Waals surface area contributed by atoms with Crippen molar-refractivity contribution in [3.05, 3.63) is 59.5 Å². The molecule has 3 aromatic rings.